The maximum absolute atomic E-state index is 12.9. The second kappa shape index (κ2) is 8.97. The molecule has 0 saturated carbocycles. The summed E-state index contributed by atoms with van der Waals surface area (Å²) in [6.07, 6.45) is 3.17. The summed E-state index contributed by atoms with van der Waals surface area (Å²) < 4.78 is 5.38. The van der Waals surface area contributed by atoms with Crippen LogP contribution in [-0.4, -0.2) is 30.5 Å². The number of likely N-dealkylation sites (tertiary alicyclic amines) is 1. The largest absolute Gasteiger partial charge is 0.377 e. The average molecular weight is 352 g/mol. The molecule has 1 aliphatic heterocycles. The summed E-state index contributed by atoms with van der Waals surface area (Å²) >= 11 is 0. The molecular formula is C22H28N2O2. The van der Waals surface area contributed by atoms with Gasteiger partial charge in [0.1, 0.15) is 0 Å². The number of rotatable bonds is 6. The molecule has 1 aliphatic rings. The third kappa shape index (κ3) is 4.71. The topological polar surface area (TPSA) is 41.6 Å². The summed E-state index contributed by atoms with van der Waals surface area (Å²) in [5.74, 6) is 0.0860. The smallest absolute Gasteiger partial charge is 0.241 e. The highest BCUT2D eigenvalue weighted by atomic mass is 16.5. The van der Waals surface area contributed by atoms with Crippen molar-refractivity contribution in [1.29, 1.82) is 0 Å². The molecule has 0 bridgehead atoms. The van der Waals surface area contributed by atoms with E-state index in [0.717, 1.165) is 43.6 Å². The standard InChI is InChI=1S/C22H28N2O2/c1-17(26-2)19-11-8-12-20(15-19)23-22(25)21-13-6-7-14-24(21)16-18-9-4-3-5-10-18/h3-5,8-12,15,17,21H,6-7,13-14,16H2,1-2H3,(H,23,25)/t17-,21+/m1/s1. The highest BCUT2D eigenvalue weighted by molar-refractivity contribution is 5.95. The minimum atomic E-state index is -0.0764. The van der Waals surface area contributed by atoms with E-state index >= 15 is 0 Å². The van der Waals surface area contributed by atoms with Crippen LogP contribution in [-0.2, 0) is 16.1 Å². The van der Waals surface area contributed by atoms with Crippen LogP contribution in [0.25, 0.3) is 0 Å². The fourth-order valence-electron chi connectivity index (χ4n) is 3.53. The molecule has 3 rings (SSSR count). The lowest BCUT2D eigenvalue weighted by molar-refractivity contribution is -0.122. The third-order valence-electron chi connectivity index (χ3n) is 5.12. The van der Waals surface area contributed by atoms with Crippen molar-refractivity contribution in [2.45, 2.75) is 44.9 Å². The molecule has 0 spiro atoms. The number of benzene rings is 2. The van der Waals surface area contributed by atoms with Gasteiger partial charge in [-0.3, -0.25) is 9.69 Å². The van der Waals surface area contributed by atoms with Crippen molar-refractivity contribution in [1.82, 2.24) is 4.90 Å². The van der Waals surface area contributed by atoms with Crippen LogP contribution in [0.2, 0.25) is 0 Å². The minimum Gasteiger partial charge on any atom is -0.377 e. The summed E-state index contributed by atoms with van der Waals surface area (Å²) in [4.78, 5) is 15.2. The maximum atomic E-state index is 12.9. The highest BCUT2D eigenvalue weighted by Gasteiger charge is 2.28. The number of anilines is 1. The molecule has 0 aromatic heterocycles. The van der Waals surface area contributed by atoms with Crippen LogP contribution in [0.5, 0.6) is 0 Å². The molecular weight excluding hydrogens is 324 g/mol. The molecule has 138 valence electrons. The van der Waals surface area contributed by atoms with E-state index in [1.807, 2.05) is 37.3 Å². The van der Waals surface area contributed by atoms with Crippen LogP contribution in [0.3, 0.4) is 0 Å². The van der Waals surface area contributed by atoms with E-state index in [-0.39, 0.29) is 18.1 Å². The number of ether oxygens (including phenoxy) is 1. The van der Waals surface area contributed by atoms with Crippen molar-refractivity contribution < 1.29 is 9.53 Å². The normalized spacial score (nSPS) is 19.1. The summed E-state index contributed by atoms with van der Waals surface area (Å²) in [5, 5.41) is 3.11. The van der Waals surface area contributed by atoms with Gasteiger partial charge in [-0.25, -0.2) is 0 Å². The molecule has 1 saturated heterocycles. The first-order valence-corrected chi connectivity index (χ1v) is 9.39. The molecule has 4 heteroatoms. The summed E-state index contributed by atoms with van der Waals surface area (Å²) in [7, 11) is 1.69. The Kier molecular flexibility index (Phi) is 6.42. The number of nitrogens with zero attached hydrogens (tertiary/aromatic N) is 1. The van der Waals surface area contributed by atoms with E-state index in [9.17, 15) is 4.79 Å². The molecule has 0 radical (unpaired) electrons. The molecule has 1 N–H and O–H groups in total. The van der Waals surface area contributed by atoms with Crippen LogP contribution < -0.4 is 5.32 Å². The van der Waals surface area contributed by atoms with E-state index in [1.165, 1.54) is 5.56 Å². The zero-order valence-corrected chi connectivity index (χ0v) is 15.7. The molecule has 2 atom stereocenters. The second-order valence-electron chi connectivity index (χ2n) is 6.96. The van der Waals surface area contributed by atoms with Crippen LogP contribution in [0.4, 0.5) is 5.69 Å². The molecule has 1 fully saturated rings. The van der Waals surface area contributed by atoms with Gasteiger partial charge in [-0.15, -0.1) is 0 Å². The molecule has 4 nitrogen and oxygen atoms in total. The first kappa shape index (κ1) is 18.6. The molecule has 26 heavy (non-hydrogen) atoms. The Bertz CT molecular complexity index is 717. The minimum absolute atomic E-state index is 0.0103. The lowest BCUT2D eigenvalue weighted by Crippen LogP contribution is -2.46. The second-order valence-corrected chi connectivity index (χ2v) is 6.96. The number of nitrogens with one attached hydrogen (secondary N) is 1. The van der Waals surface area contributed by atoms with Crippen molar-refractivity contribution in [3.8, 4) is 0 Å². The molecule has 0 unspecified atom stereocenters. The van der Waals surface area contributed by atoms with Gasteiger partial charge < -0.3 is 10.1 Å². The fraction of sp³-hybridized carbons (Fsp3) is 0.409. The Hall–Kier alpha value is -2.17. The molecule has 0 aliphatic carbocycles. The zero-order valence-electron chi connectivity index (χ0n) is 15.7. The summed E-state index contributed by atoms with van der Waals surface area (Å²) in [6.45, 7) is 3.79. The van der Waals surface area contributed by atoms with Gasteiger partial charge in [0, 0.05) is 19.3 Å². The van der Waals surface area contributed by atoms with E-state index in [2.05, 4.69) is 34.5 Å². The lowest BCUT2D eigenvalue weighted by Gasteiger charge is -2.34. The first-order valence-electron chi connectivity index (χ1n) is 9.39. The Labute approximate surface area is 156 Å². The summed E-state index contributed by atoms with van der Waals surface area (Å²) in [6, 6.07) is 18.2. The third-order valence-corrected chi connectivity index (χ3v) is 5.12. The predicted octanol–water partition coefficient (Wildman–Crippen LogP) is 4.39. The van der Waals surface area contributed by atoms with E-state index in [0.29, 0.717) is 0 Å². The van der Waals surface area contributed by atoms with E-state index < -0.39 is 0 Å². The quantitative estimate of drug-likeness (QED) is 0.838. The van der Waals surface area contributed by atoms with Crippen LogP contribution in [0.1, 0.15) is 43.4 Å². The SMILES string of the molecule is CO[C@H](C)c1cccc(NC(=O)[C@@H]2CCCCN2Cc2ccccc2)c1. The number of hydrogen-bond donors (Lipinski definition) is 1. The van der Waals surface area contributed by atoms with Crippen LogP contribution >= 0.6 is 0 Å². The zero-order chi connectivity index (χ0) is 18.4. The molecule has 2 aromatic carbocycles. The van der Waals surface area contributed by atoms with Gasteiger partial charge in [0.25, 0.3) is 0 Å². The van der Waals surface area contributed by atoms with Crippen LogP contribution in [0.15, 0.2) is 54.6 Å². The van der Waals surface area contributed by atoms with Gasteiger partial charge in [0.15, 0.2) is 0 Å². The highest BCUT2D eigenvalue weighted by Crippen LogP contribution is 2.23. The number of amides is 1. The average Bonchev–Trinajstić information content (AvgIpc) is 2.68. The summed E-state index contributed by atoms with van der Waals surface area (Å²) in [5.41, 5.74) is 3.15. The Morgan fingerprint density at radius 1 is 1.19 bits per heavy atom. The molecule has 2 aromatic rings. The van der Waals surface area contributed by atoms with Crippen molar-refractivity contribution in [3.63, 3.8) is 0 Å². The maximum Gasteiger partial charge on any atom is 0.241 e. The number of hydrogen-bond acceptors (Lipinski definition) is 3. The molecule has 1 heterocycles. The van der Waals surface area contributed by atoms with E-state index in [4.69, 9.17) is 4.74 Å². The number of carbonyl (C=O) groups is 1. The Morgan fingerprint density at radius 3 is 2.77 bits per heavy atom. The monoisotopic (exact) mass is 352 g/mol. The van der Waals surface area contributed by atoms with Gasteiger partial charge in [0.05, 0.1) is 12.1 Å². The van der Waals surface area contributed by atoms with Gasteiger partial charge in [-0.05, 0) is 49.6 Å². The molecule has 1 amide bonds. The number of methoxy groups -OCH3 is 1. The van der Waals surface area contributed by atoms with Crippen molar-refractivity contribution >= 4 is 11.6 Å². The first-order chi connectivity index (χ1) is 12.7. The number of carbonyl (C=O) groups excluding carboxylic acids is 1. The van der Waals surface area contributed by atoms with E-state index in [1.54, 1.807) is 7.11 Å². The lowest BCUT2D eigenvalue weighted by atomic mass is 10.00. The van der Waals surface area contributed by atoms with Crippen molar-refractivity contribution in [3.05, 3.63) is 65.7 Å². The van der Waals surface area contributed by atoms with Gasteiger partial charge in [-0.2, -0.15) is 0 Å². The Morgan fingerprint density at radius 2 is 2.00 bits per heavy atom. The van der Waals surface area contributed by atoms with Gasteiger partial charge in [-0.1, -0.05) is 48.9 Å². The van der Waals surface area contributed by atoms with Crippen LogP contribution in [0, 0.1) is 0 Å². The van der Waals surface area contributed by atoms with Crippen molar-refractivity contribution in [2.75, 3.05) is 19.0 Å². The number of piperidine rings is 1. The fourth-order valence-corrected chi connectivity index (χ4v) is 3.53. The predicted molar refractivity (Wildman–Crippen MR) is 105 cm³/mol. The van der Waals surface area contributed by atoms with Gasteiger partial charge >= 0.3 is 0 Å². The van der Waals surface area contributed by atoms with Gasteiger partial charge in [0.2, 0.25) is 5.91 Å². The van der Waals surface area contributed by atoms with Crippen molar-refractivity contribution in [2.24, 2.45) is 0 Å². The Balaban J connectivity index is 1.69.